The molecule has 2 nitrogen and oxygen atoms in total. The van der Waals surface area contributed by atoms with Crippen LogP contribution in [-0.4, -0.2) is 36.2 Å². The topological polar surface area (TPSA) is 23.5 Å². The lowest BCUT2D eigenvalue weighted by Crippen LogP contribution is -2.56. The predicted octanol–water partition coefficient (Wildman–Crippen LogP) is 2.12. The summed E-state index contributed by atoms with van der Waals surface area (Å²) in [5, 5.41) is 9.86. The van der Waals surface area contributed by atoms with Crippen LogP contribution in [0.25, 0.3) is 0 Å². The molecule has 0 saturated heterocycles. The third-order valence-corrected chi connectivity index (χ3v) is 3.52. The Balaban J connectivity index is 2.97. The minimum atomic E-state index is -0.129. The summed E-state index contributed by atoms with van der Waals surface area (Å²) in [5.74, 6) is 0. The molecule has 1 fully saturated rings. The molecule has 2 heteroatoms. The van der Waals surface area contributed by atoms with Crippen molar-refractivity contribution < 1.29 is 5.11 Å². The Hall–Kier alpha value is -0.0800. The lowest BCUT2D eigenvalue weighted by atomic mass is 9.60. The van der Waals surface area contributed by atoms with Gasteiger partial charge in [-0.3, -0.25) is 0 Å². The van der Waals surface area contributed by atoms with Gasteiger partial charge in [0.1, 0.15) is 0 Å². The summed E-state index contributed by atoms with van der Waals surface area (Å²) in [5.41, 5.74) is 0.398. The van der Waals surface area contributed by atoms with Crippen LogP contribution < -0.4 is 0 Å². The Labute approximate surface area is 88.3 Å². The molecule has 0 heterocycles. The highest BCUT2D eigenvalue weighted by Gasteiger charge is 2.47. The van der Waals surface area contributed by atoms with Gasteiger partial charge in [0.05, 0.1) is 6.10 Å². The Morgan fingerprint density at radius 2 is 1.36 bits per heavy atom. The quantitative estimate of drug-likeness (QED) is 0.699. The van der Waals surface area contributed by atoms with Crippen molar-refractivity contribution in [3.05, 3.63) is 0 Å². The zero-order chi connectivity index (χ0) is 11.1. The Morgan fingerprint density at radius 1 is 1.00 bits per heavy atom. The summed E-state index contributed by atoms with van der Waals surface area (Å²) in [6.45, 7) is 9.06. The van der Waals surface area contributed by atoms with E-state index < -0.39 is 0 Å². The van der Waals surface area contributed by atoms with Crippen molar-refractivity contribution >= 4 is 0 Å². The van der Waals surface area contributed by atoms with Crippen molar-refractivity contribution in [2.24, 2.45) is 10.8 Å². The van der Waals surface area contributed by atoms with Gasteiger partial charge in [-0.2, -0.15) is 0 Å². The van der Waals surface area contributed by atoms with E-state index in [2.05, 4.69) is 46.7 Å². The lowest BCUT2D eigenvalue weighted by Gasteiger charge is -2.53. The smallest absolute Gasteiger partial charge is 0.0551 e. The molecule has 0 aromatic rings. The van der Waals surface area contributed by atoms with Crippen molar-refractivity contribution in [1.29, 1.82) is 0 Å². The molecule has 1 rings (SSSR count). The summed E-state index contributed by atoms with van der Waals surface area (Å²) in [6.07, 6.45) is 1.70. The number of hydrogen-bond acceptors (Lipinski definition) is 2. The number of nitrogens with zero attached hydrogens (tertiary/aromatic N) is 1. The first-order chi connectivity index (χ1) is 6.17. The van der Waals surface area contributed by atoms with E-state index >= 15 is 0 Å². The number of rotatable bonds is 1. The minimum Gasteiger partial charge on any atom is -0.393 e. The fourth-order valence-corrected chi connectivity index (χ4v) is 3.97. The van der Waals surface area contributed by atoms with Gasteiger partial charge in [-0.15, -0.1) is 0 Å². The van der Waals surface area contributed by atoms with Gasteiger partial charge in [-0.05, 0) is 37.8 Å². The number of hydrogen-bond donors (Lipinski definition) is 1. The van der Waals surface area contributed by atoms with E-state index in [4.69, 9.17) is 0 Å². The molecule has 0 aliphatic heterocycles. The van der Waals surface area contributed by atoms with E-state index in [0.717, 1.165) is 12.8 Å². The second-order valence-corrected chi connectivity index (χ2v) is 6.41. The molecule has 0 aromatic carbocycles. The van der Waals surface area contributed by atoms with Crippen LogP contribution in [0.4, 0.5) is 0 Å². The van der Waals surface area contributed by atoms with E-state index in [9.17, 15) is 5.11 Å². The fourth-order valence-electron chi connectivity index (χ4n) is 3.97. The third kappa shape index (κ3) is 2.12. The molecule has 1 aliphatic carbocycles. The van der Waals surface area contributed by atoms with E-state index in [1.165, 1.54) is 0 Å². The first kappa shape index (κ1) is 12.0. The van der Waals surface area contributed by atoms with Crippen molar-refractivity contribution in [3.63, 3.8) is 0 Å². The fraction of sp³-hybridized carbons (Fsp3) is 1.00. The van der Waals surface area contributed by atoms with Crippen molar-refractivity contribution in [3.8, 4) is 0 Å². The monoisotopic (exact) mass is 199 g/mol. The SMILES string of the molecule is CN(C)C1C(C)(C)CC(O)CC1(C)C. The van der Waals surface area contributed by atoms with Crippen molar-refractivity contribution in [2.45, 2.75) is 52.7 Å². The predicted molar refractivity (Wildman–Crippen MR) is 60.3 cm³/mol. The average Bonchev–Trinajstić information content (AvgIpc) is 1.75. The largest absolute Gasteiger partial charge is 0.393 e. The molecule has 0 radical (unpaired) electrons. The van der Waals surface area contributed by atoms with E-state index in [-0.39, 0.29) is 16.9 Å². The zero-order valence-corrected chi connectivity index (χ0v) is 10.5. The molecular formula is C12H25NO. The molecule has 14 heavy (non-hydrogen) atoms. The first-order valence-electron chi connectivity index (χ1n) is 5.51. The first-order valence-corrected chi connectivity index (χ1v) is 5.51. The minimum absolute atomic E-state index is 0.129. The highest BCUT2D eigenvalue weighted by atomic mass is 16.3. The Morgan fingerprint density at radius 3 is 1.64 bits per heavy atom. The Bertz CT molecular complexity index is 190. The molecule has 1 saturated carbocycles. The van der Waals surface area contributed by atoms with Crippen LogP contribution in [0.1, 0.15) is 40.5 Å². The second kappa shape index (κ2) is 3.49. The van der Waals surface area contributed by atoms with Gasteiger partial charge in [-0.1, -0.05) is 27.7 Å². The van der Waals surface area contributed by atoms with Crippen LogP contribution in [-0.2, 0) is 0 Å². The highest BCUT2D eigenvalue weighted by molar-refractivity contribution is 5.00. The summed E-state index contributed by atoms with van der Waals surface area (Å²) < 4.78 is 0. The molecule has 1 N–H and O–H groups in total. The molecule has 0 atom stereocenters. The summed E-state index contributed by atoms with van der Waals surface area (Å²) >= 11 is 0. The van der Waals surface area contributed by atoms with Gasteiger partial charge in [0.2, 0.25) is 0 Å². The maximum Gasteiger partial charge on any atom is 0.0551 e. The summed E-state index contributed by atoms with van der Waals surface area (Å²) in [7, 11) is 4.29. The van der Waals surface area contributed by atoms with Gasteiger partial charge in [0, 0.05) is 6.04 Å². The Kier molecular flexibility index (Phi) is 2.99. The van der Waals surface area contributed by atoms with Crippen LogP contribution in [0.2, 0.25) is 0 Å². The van der Waals surface area contributed by atoms with Gasteiger partial charge in [0.25, 0.3) is 0 Å². The summed E-state index contributed by atoms with van der Waals surface area (Å²) in [6, 6.07) is 0.540. The van der Waals surface area contributed by atoms with Crippen molar-refractivity contribution in [1.82, 2.24) is 4.90 Å². The molecule has 0 unspecified atom stereocenters. The lowest BCUT2D eigenvalue weighted by molar-refractivity contribution is -0.0718. The normalized spacial score (nSPS) is 36.0. The molecule has 0 aromatic heterocycles. The van der Waals surface area contributed by atoms with Crippen molar-refractivity contribution in [2.75, 3.05) is 14.1 Å². The van der Waals surface area contributed by atoms with Crippen LogP contribution in [0.15, 0.2) is 0 Å². The second-order valence-electron chi connectivity index (χ2n) is 6.41. The van der Waals surface area contributed by atoms with Gasteiger partial charge >= 0.3 is 0 Å². The molecule has 0 amide bonds. The molecule has 1 aliphatic rings. The number of aliphatic hydroxyl groups excluding tert-OH is 1. The third-order valence-electron chi connectivity index (χ3n) is 3.52. The number of aliphatic hydroxyl groups is 1. The van der Waals surface area contributed by atoms with E-state index in [1.54, 1.807) is 0 Å². The van der Waals surface area contributed by atoms with Crippen LogP contribution in [0.5, 0.6) is 0 Å². The van der Waals surface area contributed by atoms with E-state index in [1.807, 2.05) is 0 Å². The van der Waals surface area contributed by atoms with Gasteiger partial charge < -0.3 is 10.0 Å². The van der Waals surface area contributed by atoms with Gasteiger partial charge in [-0.25, -0.2) is 0 Å². The van der Waals surface area contributed by atoms with Gasteiger partial charge in [0.15, 0.2) is 0 Å². The molecule has 84 valence electrons. The zero-order valence-electron chi connectivity index (χ0n) is 10.5. The van der Waals surface area contributed by atoms with Crippen LogP contribution in [0, 0.1) is 10.8 Å². The van der Waals surface area contributed by atoms with Crippen LogP contribution >= 0.6 is 0 Å². The average molecular weight is 199 g/mol. The molecule has 0 spiro atoms. The highest BCUT2D eigenvalue weighted by Crippen LogP contribution is 2.47. The molecule has 0 bridgehead atoms. The summed E-state index contributed by atoms with van der Waals surface area (Å²) in [4.78, 5) is 2.31. The van der Waals surface area contributed by atoms with Crippen LogP contribution in [0.3, 0.4) is 0 Å². The maximum absolute atomic E-state index is 9.86. The standard InChI is InChI=1S/C12H25NO/c1-11(2)7-9(14)8-12(3,4)10(11)13(5)6/h9-10,14H,7-8H2,1-6H3. The maximum atomic E-state index is 9.86. The molecular weight excluding hydrogens is 174 g/mol. The van der Waals surface area contributed by atoms with E-state index in [0.29, 0.717) is 6.04 Å².